The van der Waals surface area contributed by atoms with E-state index in [0.29, 0.717) is 36.8 Å². The number of hydrogen-bond donors (Lipinski definition) is 1. The number of likely N-dealkylation sites (tertiary alicyclic amines) is 2. The van der Waals surface area contributed by atoms with Crippen LogP contribution in [0.3, 0.4) is 0 Å². The summed E-state index contributed by atoms with van der Waals surface area (Å²) in [5, 5.41) is 3.67. The lowest BCUT2D eigenvalue weighted by molar-refractivity contribution is -0.136. The summed E-state index contributed by atoms with van der Waals surface area (Å²) in [6.07, 6.45) is 2.34. The van der Waals surface area contributed by atoms with Crippen LogP contribution in [0.2, 0.25) is 5.02 Å². The Balaban J connectivity index is 1.52. The van der Waals surface area contributed by atoms with Crippen molar-refractivity contribution in [3.8, 4) is 0 Å². The fourth-order valence-electron chi connectivity index (χ4n) is 6.23. The van der Waals surface area contributed by atoms with E-state index in [4.69, 9.17) is 11.6 Å². The van der Waals surface area contributed by atoms with Crippen LogP contribution in [0.15, 0.2) is 36.4 Å². The van der Waals surface area contributed by atoms with Gasteiger partial charge in [-0.1, -0.05) is 30.7 Å². The largest absolute Gasteiger partial charge is 0.350 e. The first kappa shape index (κ1) is 29.5. The van der Waals surface area contributed by atoms with Crippen LogP contribution in [0.1, 0.15) is 88.4 Å². The number of carbonyl (C=O) groups is 2. The number of rotatable bonds is 6. The maximum absolute atomic E-state index is 14.9. The zero-order valence-corrected chi connectivity index (χ0v) is 24.3. The smallest absolute Gasteiger partial charge is 0.227 e. The summed E-state index contributed by atoms with van der Waals surface area (Å²) >= 11 is 6.34. The van der Waals surface area contributed by atoms with E-state index in [2.05, 4.69) is 37.1 Å². The fourth-order valence-corrected chi connectivity index (χ4v) is 6.41. The number of nitrogens with one attached hydrogen (secondary N) is 1. The van der Waals surface area contributed by atoms with Crippen molar-refractivity contribution in [1.82, 2.24) is 15.1 Å². The highest BCUT2D eigenvalue weighted by atomic mass is 35.5. The van der Waals surface area contributed by atoms with Crippen LogP contribution in [-0.4, -0.2) is 53.3 Å². The lowest BCUT2D eigenvalue weighted by Crippen LogP contribution is -2.44. The lowest BCUT2D eigenvalue weighted by Gasteiger charge is -2.36. The van der Waals surface area contributed by atoms with Gasteiger partial charge in [0.2, 0.25) is 11.8 Å². The van der Waals surface area contributed by atoms with Crippen molar-refractivity contribution in [2.45, 2.75) is 77.3 Å². The van der Waals surface area contributed by atoms with Gasteiger partial charge in [0.05, 0.1) is 12.0 Å². The summed E-state index contributed by atoms with van der Waals surface area (Å²) in [6.45, 7) is 12.1. The SMILES string of the molecule is CC[C@H](NC(C)=O)c1cc(Cl)ccc1C1CCN(C(=O)C2CN(C(C)(C)C)CC2c2ccc(F)cc2F)CC1. The van der Waals surface area contributed by atoms with Gasteiger partial charge in [-0.15, -0.1) is 0 Å². The Bertz CT molecular complexity index is 1210. The average Bonchev–Trinajstić information content (AvgIpc) is 3.33. The van der Waals surface area contributed by atoms with Crippen molar-refractivity contribution in [1.29, 1.82) is 0 Å². The summed E-state index contributed by atoms with van der Waals surface area (Å²) in [5.74, 6) is -1.73. The van der Waals surface area contributed by atoms with E-state index in [1.807, 2.05) is 24.0 Å². The minimum atomic E-state index is -0.614. The molecule has 0 aromatic heterocycles. The number of nitrogens with zero attached hydrogens (tertiary/aromatic N) is 2. The van der Waals surface area contributed by atoms with Crippen LogP contribution in [0.4, 0.5) is 8.78 Å². The molecule has 2 aromatic rings. The highest BCUT2D eigenvalue weighted by Gasteiger charge is 2.44. The van der Waals surface area contributed by atoms with E-state index >= 15 is 0 Å². The number of halogens is 3. The molecule has 0 saturated carbocycles. The molecule has 2 aliphatic heterocycles. The molecule has 2 amide bonds. The standard InChI is InChI=1S/C31H40ClF2N3O2/c1-6-29(35-19(2)38)25-15-21(32)7-9-23(25)20-11-13-36(14-12-20)30(39)27-18-37(31(3,4)5)17-26(27)24-10-8-22(33)16-28(24)34/h7-10,15-16,20,26-27,29H,6,11-14,17-18H2,1-5H3,(H,35,38)/t26?,27?,29-/m0/s1. The molecule has 212 valence electrons. The van der Waals surface area contributed by atoms with Gasteiger partial charge < -0.3 is 10.2 Å². The van der Waals surface area contributed by atoms with E-state index in [0.717, 1.165) is 36.5 Å². The summed E-state index contributed by atoms with van der Waals surface area (Å²) in [6, 6.07) is 9.45. The second kappa shape index (κ2) is 11.9. The first-order valence-electron chi connectivity index (χ1n) is 13.9. The number of carbonyl (C=O) groups excluding carboxylic acids is 2. The van der Waals surface area contributed by atoms with Crippen molar-refractivity contribution in [3.63, 3.8) is 0 Å². The minimum Gasteiger partial charge on any atom is -0.350 e. The van der Waals surface area contributed by atoms with Crippen molar-refractivity contribution >= 4 is 23.4 Å². The quantitative estimate of drug-likeness (QED) is 0.444. The number of benzene rings is 2. The van der Waals surface area contributed by atoms with Gasteiger partial charge in [0.15, 0.2) is 0 Å². The Morgan fingerprint density at radius 2 is 1.72 bits per heavy atom. The molecule has 2 aliphatic rings. The molecular weight excluding hydrogens is 520 g/mol. The van der Waals surface area contributed by atoms with Gasteiger partial charge in [-0.2, -0.15) is 0 Å². The Morgan fingerprint density at radius 1 is 1.05 bits per heavy atom. The van der Waals surface area contributed by atoms with Gasteiger partial charge in [0.1, 0.15) is 11.6 Å². The van der Waals surface area contributed by atoms with E-state index in [-0.39, 0.29) is 35.2 Å². The minimum absolute atomic E-state index is 0.0370. The normalized spacial score (nSPS) is 21.7. The molecule has 0 bridgehead atoms. The molecule has 2 aromatic carbocycles. The van der Waals surface area contributed by atoms with Gasteiger partial charge >= 0.3 is 0 Å². The van der Waals surface area contributed by atoms with Crippen molar-refractivity contribution in [2.24, 2.45) is 5.92 Å². The fraction of sp³-hybridized carbons (Fsp3) is 0.548. The maximum atomic E-state index is 14.9. The van der Waals surface area contributed by atoms with Crippen molar-refractivity contribution < 1.29 is 18.4 Å². The molecule has 4 rings (SSSR count). The summed E-state index contributed by atoms with van der Waals surface area (Å²) in [5.41, 5.74) is 2.43. The Labute approximate surface area is 235 Å². The molecule has 2 fully saturated rings. The third kappa shape index (κ3) is 6.63. The van der Waals surface area contributed by atoms with Crippen LogP contribution in [0.25, 0.3) is 0 Å². The third-order valence-corrected chi connectivity index (χ3v) is 8.64. The molecule has 2 heterocycles. The van der Waals surface area contributed by atoms with Gasteiger partial charge in [0, 0.05) is 55.6 Å². The van der Waals surface area contributed by atoms with Crippen LogP contribution in [-0.2, 0) is 9.59 Å². The molecule has 0 radical (unpaired) electrons. The van der Waals surface area contributed by atoms with Gasteiger partial charge in [0.25, 0.3) is 0 Å². The zero-order valence-electron chi connectivity index (χ0n) is 23.6. The highest BCUT2D eigenvalue weighted by molar-refractivity contribution is 6.30. The second-order valence-corrected chi connectivity index (χ2v) is 12.4. The average molecular weight is 560 g/mol. The molecule has 8 heteroatoms. The third-order valence-electron chi connectivity index (χ3n) is 8.40. The first-order valence-corrected chi connectivity index (χ1v) is 14.3. The summed E-state index contributed by atoms with van der Waals surface area (Å²) in [4.78, 5) is 29.9. The van der Waals surface area contributed by atoms with Crippen LogP contribution < -0.4 is 5.32 Å². The molecule has 3 atom stereocenters. The molecule has 5 nitrogen and oxygen atoms in total. The van der Waals surface area contributed by atoms with Gasteiger partial charge in [-0.05, 0) is 80.8 Å². The molecule has 0 spiro atoms. The number of piperidine rings is 1. The van der Waals surface area contributed by atoms with E-state index in [9.17, 15) is 18.4 Å². The predicted octanol–water partition coefficient (Wildman–Crippen LogP) is 6.43. The molecular formula is C31H40ClF2N3O2. The van der Waals surface area contributed by atoms with Gasteiger partial charge in [-0.3, -0.25) is 14.5 Å². The molecule has 1 N–H and O–H groups in total. The highest BCUT2D eigenvalue weighted by Crippen LogP contribution is 2.40. The number of hydrogen-bond acceptors (Lipinski definition) is 3. The Hall–Kier alpha value is -2.51. The van der Waals surface area contributed by atoms with E-state index in [1.165, 1.54) is 19.1 Å². The van der Waals surface area contributed by atoms with Crippen LogP contribution in [0, 0.1) is 17.6 Å². The topological polar surface area (TPSA) is 52.7 Å². The van der Waals surface area contributed by atoms with Crippen molar-refractivity contribution in [2.75, 3.05) is 26.2 Å². The Morgan fingerprint density at radius 3 is 2.31 bits per heavy atom. The molecule has 0 aliphatic carbocycles. The molecule has 2 unspecified atom stereocenters. The summed E-state index contributed by atoms with van der Waals surface area (Å²) < 4.78 is 28.5. The first-order chi connectivity index (χ1) is 18.4. The molecule has 2 saturated heterocycles. The van der Waals surface area contributed by atoms with Crippen molar-refractivity contribution in [3.05, 3.63) is 69.7 Å². The van der Waals surface area contributed by atoms with Crippen LogP contribution >= 0.6 is 11.6 Å². The summed E-state index contributed by atoms with van der Waals surface area (Å²) in [7, 11) is 0. The van der Waals surface area contributed by atoms with E-state index in [1.54, 1.807) is 0 Å². The number of amides is 2. The monoisotopic (exact) mass is 559 g/mol. The Kier molecular flexibility index (Phi) is 9.01. The zero-order chi connectivity index (χ0) is 28.5. The van der Waals surface area contributed by atoms with Gasteiger partial charge in [-0.25, -0.2) is 8.78 Å². The maximum Gasteiger partial charge on any atom is 0.227 e. The molecule has 39 heavy (non-hydrogen) atoms. The van der Waals surface area contributed by atoms with Crippen LogP contribution in [0.5, 0.6) is 0 Å². The lowest BCUT2D eigenvalue weighted by atomic mass is 9.83. The predicted molar refractivity (Wildman–Crippen MR) is 151 cm³/mol. The van der Waals surface area contributed by atoms with E-state index < -0.39 is 17.6 Å². The second-order valence-electron chi connectivity index (χ2n) is 12.0.